The summed E-state index contributed by atoms with van der Waals surface area (Å²) in [6.45, 7) is 2.70. The highest BCUT2D eigenvalue weighted by Crippen LogP contribution is 2.21. The third-order valence-electron chi connectivity index (χ3n) is 1.95. The van der Waals surface area contributed by atoms with Gasteiger partial charge in [0.15, 0.2) is 0 Å². The lowest BCUT2D eigenvalue weighted by molar-refractivity contribution is 0.168. The number of hydrogen-bond donors (Lipinski definition) is 1. The largest absolute Gasteiger partial charge is 0.491 e. The summed E-state index contributed by atoms with van der Waals surface area (Å²) in [6, 6.07) is 5.39. The summed E-state index contributed by atoms with van der Waals surface area (Å²) in [7, 11) is 1.32. The van der Waals surface area contributed by atoms with Crippen molar-refractivity contribution < 1.29 is 14.3 Å². The highest BCUT2D eigenvalue weighted by molar-refractivity contribution is 6.30. The standard InChI is InChI=1S/C11H14ClNO3/c1-8-7-9(12)3-4-10(8)16-6-5-13-11(14)15-2/h3-4,7H,5-6H2,1-2H3,(H,13,14). The molecular weight excluding hydrogens is 230 g/mol. The van der Waals surface area contributed by atoms with Crippen LogP contribution in [0.5, 0.6) is 5.75 Å². The summed E-state index contributed by atoms with van der Waals surface area (Å²) < 4.78 is 9.88. The summed E-state index contributed by atoms with van der Waals surface area (Å²) in [6.07, 6.45) is -0.462. The molecule has 0 heterocycles. The van der Waals surface area contributed by atoms with Crippen molar-refractivity contribution >= 4 is 17.7 Å². The van der Waals surface area contributed by atoms with Crippen molar-refractivity contribution in [2.75, 3.05) is 20.3 Å². The molecule has 0 saturated carbocycles. The van der Waals surface area contributed by atoms with Crippen molar-refractivity contribution in [1.82, 2.24) is 5.32 Å². The number of benzene rings is 1. The monoisotopic (exact) mass is 243 g/mol. The molecule has 88 valence electrons. The number of aryl methyl sites for hydroxylation is 1. The molecule has 0 unspecified atom stereocenters. The van der Waals surface area contributed by atoms with Crippen LogP contribution in [0.15, 0.2) is 18.2 Å². The first kappa shape index (κ1) is 12.6. The predicted molar refractivity (Wildman–Crippen MR) is 62.1 cm³/mol. The van der Waals surface area contributed by atoms with Crippen LogP contribution in [0, 0.1) is 6.92 Å². The van der Waals surface area contributed by atoms with Crippen LogP contribution in [0.1, 0.15) is 5.56 Å². The van der Waals surface area contributed by atoms with Gasteiger partial charge in [-0.05, 0) is 30.7 Å². The molecule has 0 aliphatic rings. The van der Waals surface area contributed by atoms with E-state index in [4.69, 9.17) is 16.3 Å². The zero-order valence-electron chi connectivity index (χ0n) is 9.25. The van der Waals surface area contributed by atoms with Gasteiger partial charge in [0, 0.05) is 5.02 Å². The molecule has 1 rings (SSSR count). The number of methoxy groups -OCH3 is 1. The van der Waals surface area contributed by atoms with Gasteiger partial charge in [-0.15, -0.1) is 0 Å². The summed E-state index contributed by atoms with van der Waals surface area (Å²) in [5.41, 5.74) is 0.963. The lowest BCUT2D eigenvalue weighted by Crippen LogP contribution is -2.27. The van der Waals surface area contributed by atoms with Crippen LogP contribution < -0.4 is 10.1 Å². The molecule has 1 aromatic rings. The van der Waals surface area contributed by atoms with Crippen molar-refractivity contribution in [3.05, 3.63) is 28.8 Å². The number of hydrogen-bond acceptors (Lipinski definition) is 3. The number of nitrogens with one attached hydrogen (secondary N) is 1. The topological polar surface area (TPSA) is 47.6 Å². The quantitative estimate of drug-likeness (QED) is 0.826. The van der Waals surface area contributed by atoms with E-state index in [1.807, 2.05) is 13.0 Å². The van der Waals surface area contributed by atoms with Crippen molar-refractivity contribution in [3.63, 3.8) is 0 Å². The highest BCUT2D eigenvalue weighted by Gasteiger charge is 2.01. The molecular formula is C11H14ClNO3. The minimum absolute atomic E-state index is 0.386. The Bertz CT molecular complexity index is 368. The van der Waals surface area contributed by atoms with Crippen LogP contribution in [0.3, 0.4) is 0 Å². The van der Waals surface area contributed by atoms with E-state index in [-0.39, 0.29) is 0 Å². The molecule has 4 nitrogen and oxygen atoms in total. The Labute approximate surface area is 99.5 Å². The second-order valence-corrected chi connectivity index (χ2v) is 3.61. The first-order valence-corrected chi connectivity index (χ1v) is 5.22. The van der Waals surface area contributed by atoms with E-state index in [2.05, 4.69) is 10.1 Å². The van der Waals surface area contributed by atoms with Crippen LogP contribution >= 0.6 is 11.6 Å². The number of alkyl carbamates (subject to hydrolysis) is 1. The maximum absolute atomic E-state index is 10.7. The molecule has 1 N–H and O–H groups in total. The van der Waals surface area contributed by atoms with E-state index in [0.717, 1.165) is 11.3 Å². The van der Waals surface area contributed by atoms with E-state index in [1.54, 1.807) is 12.1 Å². The van der Waals surface area contributed by atoms with Crippen LogP contribution in [-0.4, -0.2) is 26.4 Å². The van der Waals surface area contributed by atoms with E-state index < -0.39 is 6.09 Å². The van der Waals surface area contributed by atoms with E-state index in [0.29, 0.717) is 18.2 Å². The van der Waals surface area contributed by atoms with Gasteiger partial charge in [-0.25, -0.2) is 4.79 Å². The lowest BCUT2D eigenvalue weighted by atomic mass is 10.2. The molecule has 0 bridgehead atoms. The first-order chi connectivity index (χ1) is 7.63. The lowest BCUT2D eigenvalue weighted by Gasteiger charge is -2.09. The maximum Gasteiger partial charge on any atom is 0.406 e. The molecule has 16 heavy (non-hydrogen) atoms. The number of halogens is 1. The molecule has 0 aliphatic heterocycles. The van der Waals surface area contributed by atoms with Gasteiger partial charge in [0.05, 0.1) is 13.7 Å². The van der Waals surface area contributed by atoms with E-state index >= 15 is 0 Å². The average Bonchev–Trinajstić information content (AvgIpc) is 2.26. The van der Waals surface area contributed by atoms with Gasteiger partial charge in [-0.2, -0.15) is 0 Å². The number of rotatable bonds is 4. The summed E-state index contributed by atoms with van der Waals surface area (Å²) in [5, 5.41) is 3.20. The van der Waals surface area contributed by atoms with Gasteiger partial charge in [0.1, 0.15) is 12.4 Å². The predicted octanol–water partition coefficient (Wildman–Crippen LogP) is 2.38. The zero-order valence-corrected chi connectivity index (χ0v) is 10.0. The fraction of sp³-hybridized carbons (Fsp3) is 0.364. The number of carbonyl (C=O) groups is 1. The summed E-state index contributed by atoms with van der Waals surface area (Å²) in [5.74, 6) is 0.760. The fourth-order valence-electron chi connectivity index (χ4n) is 1.16. The molecule has 0 spiro atoms. The number of carbonyl (C=O) groups excluding carboxylic acids is 1. The van der Waals surface area contributed by atoms with Gasteiger partial charge < -0.3 is 14.8 Å². The minimum atomic E-state index is -0.462. The minimum Gasteiger partial charge on any atom is -0.491 e. The normalized spacial score (nSPS) is 9.69. The van der Waals surface area contributed by atoms with E-state index in [1.165, 1.54) is 7.11 Å². The van der Waals surface area contributed by atoms with Gasteiger partial charge in [-0.1, -0.05) is 11.6 Å². The fourth-order valence-corrected chi connectivity index (χ4v) is 1.39. The van der Waals surface area contributed by atoms with Crippen molar-refractivity contribution in [1.29, 1.82) is 0 Å². The first-order valence-electron chi connectivity index (χ1n) is 4.84. The van der Waals surface area contributed by atoms with Crippen molar-refractivity contribution in [2.45, 2.75) is 6.92 Å². The van der Waals surface area contributed by atoms with Gasteiger partial charge in [0.2, 0.25) is 0 Å². The SMILES string of the molecule is COC(=O)NCCOc1ccc(Cl)cc1C. The number of amides is 1. The second-order valence-electron chi connectivity index (χ2n) is 3.18. The van der Waals surface area contributed by atoms with Gasteiger partial charge in [0.25, 0.3) is 0 Å². The smallest absolute Gasteiger partial charge is 0.406 e. The van der Waals surface area contributed by atoms with E-state index in [9.17, 15) is 4.79 Å². The Kier molecular flexibility index (Phi) is 4.92. The van der Waals surface area contributed by atoms with Crippen LogP contribution in [0.4, 0.5) is 4.79 Å². The van der Waals surface area contributed by atoms with Crippen LogP contribution in [-0.2, 0) is 4.74 Å². The molecule has 0 aliphatic carbocycles. The third-order valence-corrected chi connectivity index (χ3v) is 2.19. The van der Waals surface area contributed by atoms with Crippen molar-refractivity contribution in [2.24, 2.45) is 0 Å². The highest BCUT2D eigenvalue weighted by atomic mass is 35.5. The Morgan fingerprint density at radius 2 is 2.25 bits per heavy atom. The molecule has 0 fully saturated rings. The molecule has 1 amide bonds. The van der Waals surface area contributed by atoms with Crippen molar-refractivity contribution in [3.8, 4) is 5.75 Å². The Morgan fingerprint density at radius 3 is 2.88 bits per heavy atom. The molecule has 0 atom stereocenters. The second kappa shape index (κ2) is 6.23. The molecule has 5 heteroatoms. The van der Waals surface area contributed by atoms with Gasteiger partial charge >= 0.3 is 6.09 Å². The maximum atomic E-state index is 10.7. The average molecular weight is 244 g/mol. The third kappa shape index (κ3) is 3.98. The molecule has 1 aromatic carbocycles. The zero-order chi connectivity index (χ0) is 12.0. The summed E-state index contributed by atoms with van der Waals surface area (Å²) in [4.78, 5) is 10.7. The molecule has 0 radical (unpaired) electrons. The molecule has 0 aromatic heterocycles. The van der Waals surface area contributed by atoms with Crippen LogP contribution in [0.25, 0.3) is 0 Å². The van der Waals surface area contributed by atoms with Crippen LogP contribution in [0.2, 0.25) is 5.02 Å². The Morgan fingerprint density at radius 1 is 1.50 bits per heavy atom. The molecule has 0 saturated heterocycles. The summed E-state index contributed by atoms with van der Waals surface area (Å²) >= 11 is 5.81. The number of ether oxygens (including phenoxy) is 2. The Balaban J connectivity index is 2.35. The van der Waals surface area contributed by atoms with Gasteiger partial charge in [-0.3, -0.25) is 0 Å². The Hall–Kier alpha value is -1.42.